The normalized spacial score (nSPS) is 12.4. The van der Waals surface area contributed by atoms with Gasteiger partial charge < -0.3 is 29.2 Å². The summed E-state index contributed by atoms with van der Waals surface area (Å²) in [5.41, 5.74) is 7.21. The van der Waals surface area contributed by atoms with Gasteiger partial charge in [0.05, 0.1) is 17.3 Å². The van der Waals surface area contributed by atoms with E-state index >= 15 is 0 Å². The molecule has 1 aliphatic heterocycles. The Hall–Kier alpha value is -3.98. The predicted molar refractivity (Wildman–Crippen MR) is 157 cm³/mol. The Morgan fingerprint density at radius 2 is 1.59 bits per heavy atom. The summed E-state index contributed by atoms with van der Waals surface area (Å²) >= 11 is 6.24. The van der Waals surface area contributed by atoms with Gasteiger partial charge in [0.15, 0.2) is 0 Å². The van der Waals surface area contributed by atoms with Crippen molar-refractivity contribution in [3.8, 4) is 11.3 Å². The van der Waals surface area contributed by atoms with Gasteiger partial charge in [-0.3, -0.25) is 0 Å². The first-order chi connectivity index (χ1) is 19.5. The van der Waals surface area contributed by atoms with Gasteiger partial charge >= 0.3 is 12.2 Å². The predicted octanol–water partition coefficient (Wildman–Crippen LogP) is 6.66. The van der Waals surface area contributed by atoms with E-state index in [4.69, 9.17) is 21.1 Å². The molecule has 10 heteroatoms. The van der Waals surface area contributed by atoms with Crippen LogP contribution in [-0.2, 0) is 42.7 Å². The minimum Gasteiger partial charge on any atom is -0.445 e. The van der Waals surface area contributed by atoms with E-state index < -0.39 is 18.0 Å². The molecule has 0 bridgehead atoms. The summed E-state index contributed by atoms with van der Waals surface area (Å²) in [5.74, 6) is -0.528. The van der Waals surface area contributed by atoms with Crippen LogP contribution in [0.4, 0.5) is 14.0 Å². The fourth-order valence-corrected chi connectivity index (χ4v) is 5.71. The maximum atomic E-state index is 14.2. The van der Waals surface area contributed by atoms with Crippen molar-refractivity contribution in [2.24, 2.45) is 7.05 Å². The number of hydrogen-bond acceptors (Lipinski definition) is 4. The van der Waals surface area contributed by atoms with Crippen molar-refractivity contribution in [3.05, 3.63) is 81.4 Å². The number of nitrogens with one attached hydrogen (secondary N) is 2. The third-order valence-corrected chi connectivity index (χ3v) is 7.58. The number of carbonyl (C=O) groups excluding carboxylic acids is 2. The summed E-state index contributed by atoms with van der Waals surface area (Å²) < 4.78 is 29.9. The zero-order chi connectivity index (χ0) is 29.4. The molecule has 216 valence electrons. The van der Waals surface area contributed by atoms with Gasteiger partial charge in [0, 0.05) is 64.5 Å². The van der Waals surface area contributed by atoms with E-state index in [9.17, 15) is 14.0 Å². The van der Waals surface area contributed by atoms with Gasteiger partial charge in [-0.1, -0.05) is 29.8 Å². The van der Waals surface area contributed by atoms with E-state index in [0.29, 0.717) is 24.1 Å². The second kappa shape index (κ2) is 11.5. The lowest BCUT2D eigenvalue weighted by Crippen LogP contribution is -2.31. The standard InChI is InChI=1S/C31H34ClFN4O4/c1-17(2)34-30(38)40-15-22-23(16-41-31(39)35-18(3)4)29(19-10-11-25(33)24(32)12-19)37-14-28-21(13-27(22)37)20-8-6-7-9-26(20)36(28)5/h6-12,17-18H,13-16H2,1-5H3,(H,34,38)(H,35,39). The highest BCUT2D eigenvalue weighted by Crippen LogP contribution is 2.41. The average Bonchev–Trinajstić information content (AvgIpc) is 3.37. The van der Waals surface area contributed by atoms with E-state index in [0.717, 1.165) is 33.5 Å². The smallest absolute Gasteiger partial charge is 0.407 e. The molecule has 3 heterocycles. The van der Waals surface area contributed by atoms with Crippen LogP contribution in [0.1, 0.15) is 55.8 Å². The Morgan fingerprint density at radius 3 is 2.22 bits per heavy atom. The number of ether oxygens (including phenoxy) is 2. The molecule has 2 aromatic heterocycles. The van der Waals surface area contributed by atoms with Crippen LogP contribution in [0, 0.1) is 5.82 Å². The van der Waals surface area contributed by atoms with Gasteiger partial charge in [-0.2, -0.15) is 0 Å². The minimum absolute atomic E-state index is 0.0160. The quantitative estimate of drug-likeness (QED) is 0.225. The molecule has 1 aliphatic rings. The van der Waals surface area contributed by atoms with Crippen LogP contribution in [0.3, 0.4) is 0 Å². The highest BCUT2D eigenvalue weighted by Gasteiger charge is 2.32. The Labute approximate surface area is 243 Å². The van der Waals surface area contributed by atoms with Gasteiger partial charge in [0.1, 0.15) is 19.0 Å². The van der Waals surface area contributed by atoms with Crippen LogP contribution in [0.5, 0.6) is 0 Å². The van der Waals surface area contributed by atoms with Crippen molar-refractivity contribution < 1.29 is 23.5 Å². The number of para-hydroxylation sites is 1. The van der Waals surface area contributed by atoms with Crippen LogP contribution < -0.4 is 10.6 Å². The number of hydrogen-bond donors (Lipinski definition) is 2. The summed E-state index contributed by atoms with van der Waals surface area (Å²) in [5, 5.41) is 6.63. The zero-order valence-electron chi connectivity index (χ0n) is 23.8. The van der Waals surface area contributed by atoms with Crippen molar-refractivity contribution >= 4 is 34.7 Å². The fourth-order valence-electron chi connectivity index (χ4n) is 5.52. The third-order valence-electron chi connectivity index (χ3n) is 7.29. The van der Waals surface area contributed by atoms with Crippen LogP contribution >= 0.6 is 11.6 Å². The first kappa shape index (κ1) is 28.5. The number of nitrogens with zero attached hydrogens (tertiary/aromatic N) is 2. The molecule has 0 aliphatic carbocycles. The van der Waals surface area contributed by atoms with E-state index in [1.54, 1.807) is 12.1 Å². The summed E-state index contributed by atoms with van der Waals surface area (Å²) in [6, 6.07) is 12.6. The lowest BCUT2D eigenvalue weighted by atomic mass is 9.99. The molecule has 2 N–H and O–H groups in total. The van der Waals surface area contributed by atoms with Crippen LogP contribution in [0.2, 0.25) is 5.02 Å². The average molecular weight is 581 g/mol. The number of carbonyl (C=O) groups is 2. The lowest BCUT2D eigenvalue weighted by Gasteiger charge is -2.22. The first-order valence-electron chi connectivity index (χ1n) is 13.6. The molecule has 8 nitrogen and oxygen atoms in total. The molecule has 5 rings (SSSR count). The molecule has 0 unspecified atom stereocenters. The number of halogens is 2. The topological polar surface area (TPSA) is 86.5 Å². The molecule has 2 amide bonds. The maximum absolute atomic E-state index is 14.2. The molecule has 0 atom stereocenters. The van der Waals surface area contributed by atoms with Crippen molar-refractivity contribution in [3.63, 3.8) is 0 Å². The van der Waals surface area contributed by atoms with E-state index in [1.807, 2.05) is 46.9 Å². The van der Waals surface area contributed by atoms with Crippen molar-refractivity contribution in [2.75, 3.05) is 0 Å². The molecule has 0 radical (unpaired) electrons. The Kier molecular flexibility index (Phi) is 8.00. The molecule has 2 aromatic carbocycles. The zero-order valence-corrected chi connectivity index (χ0v) is 24.6. The highest BCUT2D eigenvalue weighted by atomic mass is 35.5. The molecule has 41 heavy (non-hydrogen) atoms. The Bertz CT molecular complexity index is 1640. The molecule has 0 saturated heterocycles. The van der Waals surface area contributed by atoms with Crippen molar-refractivity contribution in [2.45, 2.75) is 66.0 Å². The van der Waals surface area contributed by atoms with Gasteiger partial charge in [-0.05, 0) is 57.5 Å². The van der Waals surface area contributed by atoms with Gasteiger partial charge in [0.25, 0.3) is 0 Å². The molecule has 4 aromatic rings. The van der Waals surface area contributed by atoms with E-state index in [-0.39, 0.29) is 30.3 Å². The van der Waals surface area contributed by atoms with E-state index in [1.165, 1.54) is 11.6 Å². The lowest BCUT2D eigenvalue weighted by molar-refractivity contribution is 0.129. The summed E-state index contributed by atoms with van der Waals surface area (Å²) in [7, 11) is 2.05. The maximum Gasteiger partial charge on any atom is 0.407 e. The summed E-state index contributed by atoms with van der Waals surface area (Å²) in [6.45, 7) is 7.80. The molecule has 0 saturated carbocycles. The number of aryl methyl sites for hydroxylation is 1. The van der Waals surface area contributed by atoms with Crippen LogP contribution in [0.25, 0.3) is 22.2 Å². The molecular formula is C31H34ClFN4O4. The Balaban J connectivity index is 1.67. The first-order valence-corrected chi connectivity index (χ1v) is 14.0. The number of amides is 2. The molecular weight excluding hydrogens is 547 g/mol. The van der Waals surface area contributed by atoms with E-state index in [2.05, 4.69) is 31.9 Å². The summed E-state index contributed by atoms with van der Waals surface area (Å²) in [6.07, 6.45) is -0.537. The number of fused-ring (bicyclic) bond motifs is 4. The minimum atomic E-state index is -0.564. The molecule has 0 spiro atoms. The number of benzene rings is 2. The number of aromatic nitrogens is 2. The van der Waals surface area contributed by atoms with Crippen LogP contribution in [0.15, 0.2) is 42.5 Å². The third kappa shape index (κ3) is 5.63. The highest BCUT2D eigenvalue weighted by molar-refractivity contribution is 6.31. The fraction of sp³-hybridized carbons (Fsp3) is 0.355. The Morgan fingerprint density at radius 1 is 0.951 bits per heavy atom. The van der Waals surface area contributed by atoms with Crippen molar-refractivity contribution in [1.82, 2.24) is 19.8 Å². The van der Waals surface area contributed by atoms with Crippen LogP contribution in [-0.4, -0.2) is 33.4 Å². The van der Waals surface area contributed by atoms with Gasteiger partial charge in [-0.25, -0.2) is 14.0 Å². The van der Waals surface area contributed by atoms with Gasteiger partial charge in [-0.15, -0.1) is 0 Å². The second-order valence-electron chi connectivity index (χ2n) is 10.9. The monoisotopic (exact) mass is 580 g/mol. The largest absolute Gasteiger partial charge is 0.445 e. The van der Waals surface area contributed by atoms with Crippen molar-refractivity contribution in [1.29, 1.82) is 0 Å². The summed E-state index contributed by atoms with van der Waals surface area (Å²) in [4.78, 5) is 25.1. The molecule has 0 fully saturated rings. The van der Waals surface area contributed by atoms with Gasteiger partial charge in [0.2, 0.25) is 0 Å². The second-order valence-corrected chi connectivity index (χ2v) is 11.3. The number of rotatable bonds is 7. The number of alkyl carbamates (subject to hydrolysis) is 2. The SMILES string of the molecule is CC(C)NC(=O)OCc1c(COC(=O)NC(C)C)c(-c2ccc(F)c(Cl)c2)n2c1Cc1c(n(C)c3ccccc13)C2.